The van der Waals surface area contributed by atoms with Gasteiger partial charge in [-0.15, -0.1) is 0 Å². The molecule has 2 atom stereocenters. The SMILES string of the molecule is C[C@@H](NC(=O)[C@H]1CCCN1C(=O)c1cccc(S(=O)(=O)N2CC(C#N)C2)c1)c1ccc(C(F)(F)F)cc1. The van der Waals surface area contributed by atoms with Crippen LogP contribution >= 0.6 is 0 Å². The van der Waals surface area contributed by atoms with Gasteiger partial charge in [-0.05, 0) is 55.7 Å². The number of rotatable bonds is 6. The lowest BCUT2D eigenvalue weighted by molar-refractivity contribution is -0.137. The van der Waals surface area contributed by atoms with E-state index < -0.39 is 45.7 Å². The van der Waals surface area contributed by atoms with E-state index in [1.54, 1.807) is 6.92 Å². The summed E-state index contributed by atoms with van der Waals surface area (Å²) in [6.45, 7) is 2.14. The Kier molecular flexibility index (Phi) is 7.30. The van der Waals surface area contributed by atoms with E-state index in [-0.39, 0.29) is 29.5 Å². The topological polar surface area (TPSA) is 111 Å². The third-order valence-corrected chi connectivity index (χ3v) is 8.49. The van der Waals surface area contributed by atoms with Gasteiger partial charge < -0.3 is 10.2 Å². The van der Waals surface area contributed by atoms with Gasteiger partial charge >= 0.3 is 6.18 Å². The van der Waals surface area contributed by atoms with Crippen LogP contribution in [0.25, 0.3) is 0 Å². The summed E-state index contributed by atoms with van der Waals surface area (Å²) in [6.07, 6.45) is -3.49. The fourth-order valence-corrected chi connectivity index (χ4v) is 6.03. The van der Waals surface area contributed by atoms with Gasteiger partial charge in [0.05, 0.1) is 28.5 Å². The number of carbonyl (C=O) groups is 2. The molecule has 2 heterocycles. The molecule has 1 N–H and O–H groups in total. The van der Waals surface area contributed by atoms with Gasteiger partial charge in [-0.1, -0.05) is 18.2 Å². The molecule has 196 valence electrons. The van der Waals surface area contributed by atoms with Crippen LogP contribution in [0.2, 0.25) is 0 Å². The molecule has 2 saturated heterocycles. The maximum atomic E-state index is 13.3. The van der Waals surface area contributed by atoms with Crippen LogP contribution in [0.5, 0.6) is 0 Å². The molecule has 37 heavy (non-hydrogen) atoms. The molecule has 2 aliphatic rings. The summed E-state index contributed by atoms with van der Waals surface area (Å²) in [5, 5.41) is 11.7. The molecule has 2 aromatic carbocycles. The highest BCUT2D eigenvalue weighted by Crippen LogP contribution is 2.30. The van der Waals surface area contributed by atoms with Crippen molar-refractivity contribution in [3.05, 3.63) is 65.2 Å². The highest BCUT2D eigenvalue weighted by atomic mass is 32.2. The molecule has 12 heteroatoms. The molecule has 0 spiro atoms. The third-order valence-electron chi connectivity index (χ3n) is 6.66. The lowest BCUT2D eigenvalue weighted by atomic mass is 10.0. The molecule has 2 aromatic rings. The second-order valence-electron chi connectivity index (χ2n) is 9.18. The minimum Gasteiger partial charge on any atom is -0.348 e. The van der Waals surface area contributed by atoms with Crippen LogP contribution < -0.4 is 5.32 Å². The zero-order chi connectivity index (χ0) is 27.0. The van der Waals surface area contributed by atoms with Gasteiger partial charge in [0.1, 0.15) is 6.04 Å². The maximum absolute atomic E-state index is 13.3. The summed E-state index contributed by atoms with van der Waals surface area (Å²) in [4.78, 5) is 27.6. The van der Waals surface area contributed by atoms with Crippen molar-refractivity contribution in [3.63, 3.8) is 0 Å². The number of carbonyl (C=O) groups excluding carboxylic acids is 2. The number of hydrogen-bond acceptors (Lipinski definition) is 5. The molecule has 0 aliphatic carbocycles. The largest absolute Gasteiger partial charge is 0.416 e. The van der Waals surface area contributed by atoms with Crippen molar-refractivity contribution in [2.24, 2.45) is 5.92 Å². The Morgan fingerprint density at radius 3 is 2.43 bits per heavy atom. The van der Waals surface area contributed by atoms with Crippen LogP contribution in [0.3, 0.4) is 0 Å². The first-order chi connectivity index (χ1) is 17.4. The summed E-state index contributed by atoms with van der Waals surface area (Å²) in [6, 6.07) is 10.7. The molecule has 8 nitrogen and oxygen atoms in total. The first kappa shape index (κ1) is 26.6. The average molecular weight is 535 g/mol. The molecule has 2 aliphatic heterocycles. The van der Waals surface area contributed by atoms with Crippen LogP contribution in [0.15, 0.2) is 53.4 Å². The average Bonchev–Trinajstić information content (AvgIpc) is 3.32. The second-order valence-corrected chi connectivity index (χ2v) is 11.1. The summed E-state index contributed by atoms with van der Waals surface area (Å²) in [5.41, 5.74) is -0.181. The number of nitriles is 1. The summed E-state index contributed by atoms with van der Waals surface area (Å²) in [7, 11) is -3.85. The second kappa shape index (κ2) is 10.1. The minimum atomic E-state index is -4.46. The zero-order valence-electron chi connectivity index (χ0n) is 19.9. The summed E-state index contributed by atoms with van der Waals surface area (Å²) in [5.74, 6) is -1.28. The molecule has 4 rings (SSSR count). The van der Waals surface area contributed by atoms with Crippen LogP contribution in [0, 0.1) is 17.2 Å². The number of halogens is 3. The van der Waals surface area contributed by atoms with Gasteiger partial charge in [0.25, 0.3) is 5.91 Å². The predicted octanol–water partition coefficient (Wildman–Crippen LogP) is 3.33. The van der Waals surface area contributed by atoms with Gasteiger partial charge in [-0.2, -0.15) is 22.7 Å². The van der Waals surface area contributed by atoms with E-state index in [0.29, 0.717) is 24.9 Å². The number of likely N-dealkylation sites (tertiary alicyclic amines) is 1. The molecule has 2 fully saturated rings. The van der Waals surface area contributed by atoms with Gasteiger partial charge in [0.2, 0.25) is 15.9 Å². The van der Waals surface area contributed by atoms with E-state index in [2.05, 4.69) is 5.32 Å². The molecule has 0 bridgehead atoms. The Labute approximate surface area is 212 Å². The van der Waals surface area contributed by atoms with Crippen LogP contribution in [-0.4, -0.2) is 55.1 Å². The smallest absolute Gasteiger partial charge is 0.348 e. The van der Waals surface area contributed by atoms with Crippen molar-refractivity contribution in [2.45, 2.75) is 42.9 Å². The number of alkyl halides is 3. The van der Waals surface area contributed by atoms with Crippen molar-refractivity contribution in [3.8, 4) is 6.07 Å². The van der Waals surface area contributed by atoms with Crippen molar-refractivity contribution in [2.75, 3.05) is 19.6 Å². The van der Waals surface area contributed by atoms with Crippen molar-refractivity contribution in [1.82, 2.24) is 14.5 Å². The molecule has 0 saturated carbocycles. The standard InChI is InChI=1S/C25H25F3N4O4S/c1-16(18-7-9-20(10-8-18)25(26,27)28)30-23(33)22-6-3-11-32(22)24(34)19-4-2-5-21(12-19)37(35,36)31-14-17(13-29)15-31/h2,4-5,7-10,12,16-17,22H,3,6,11,14-15H2,1H3,(H,30,33)/t16-,22-/m1/s1. The number of nitrogens with zero attached hydrogens (tertiary/aromatic N) is 3. The zero-order valence-corrected chi connectivity index (χ0v) is 20.7. The number of sulfonamides is 1. The first-order valence-corrected chi connectivity index (χ1v) is 13.1. The fraction of sp³-hybridized carbons (Fsp3) is 0.400. The van der Waals surface area contributed by atoms with Gasteiger partial charge in [0, 0.05) is 25.2 Å². The Morgan fingerprint density at radius 1 is 1.14 bits per heavy atom. The van der Waals surface area contributed by atoms with Gasteiger partial charge in [-0.25, -0.2) is 8.42 Å². The van der Waals surface area contributed by atoms with E-state index in [9.17, 15) is 31.2 Å². The molecule has 0 radical (unpaired) electrons. The highest BCUT2D eigenvalue weighted by Gasteiger charge is 2.38. The number of nitrogens with one attached hydrogen (secondary N) is 1. The summed E-state index contributed by atoms with van der Waals surface area (Å²) >= 11 is 0. The molecule has 0 unspecified atom stereocenters. The van der Waals surface area contributed by atoms with E-state index in [0.717, 1.165) is 12.1 Å². The van der Waals surface area contributed by atoms with Crippen LogP contribution in [0.4, 0.5) is 13.2 Å². The van der Waals surface area contributed by atoms with E-state index in [1.807, 2.05) is 6.07 Å². The molecule has 0 aromatic heterocycles. The predicted molar refractivity (Wildman–Crippen MR) is 126 cm³/mol. The summed E-state index contributed by atoms with van der Waals surface area (Å²) < 4.78 is 65.3. The third kappa shape index (κ3) is 5.47. The first-order valence-electron chi connectivity index (χ1n) is 11.7. The number of amides is 2. The molecular weight excluding hydrogens is 509 g/mol. The Balaban J connectivity index is 1.45. The van der Waals surface area contributed by atoms with Gasteiger partial charge in [-0.3, -0.25) is 9.59 Å². The molecule has 2 amide bonds. The lowest BCUT2D eigenvalue weighted by Gasteiger charge is -2.34. The lowest BCUT2D eigenvalue weighted by Crippen LogP contribution is -2.49. The van der Waals surface area contributed by atoms with E-state index in [1.165, 1.54) is 45.6 Å². The van der Waals surface area contributed by atoms with Crippen LogP contribution in [-0.2, 0) is 21.0 Å². The Morgan fingerprint density at radius 2 is 1.81 bits per heavy atom. The fourth-order valence-electron chi connectivity index (χ4n) is 4.46. The van der Waals surface area contributed by atoms with Gasteiger partial charge in [0.15, 0.2) is 0 Å². The van der Waals surface area contributed by atoms with Crippen molar-refractivity contribution >= 4 is 21.8 Å². The highest BCUT2D eigenvalue weighted by molar-refractivity contribution is 7.89. The maximum Gasteiger partial charge on any atom is 0.416 e. The Bertz CT molecular complexity index is 1330. The molecular formula is C25H25F3N4O4S. The van der Waals surface area contributed by atoms with E-state index >= 15 is 0 Å². The number of hydrogen-bond donors (Lipinski definition) is 1. The number of benzene rings is 2. The van der Waals surface area contributed by atoms with Crippen LogP contribution in [0.1, 0.15) is 47.3 Å². The minimum absolute atomic E-state index is 0.0640. The van der Waals surface area contributed by atoms with E-state index in [4.69, 9.17) is 5.26 Å². The monoisotopic (exact) mass is 534 g/mol. The Hall–Kier alpha value is -3.43. The van der Waals surface area contributed by atoms with Crippen molar-refractivity contribution < 1.29 is 31.2 Å². The normalized spacial score (nSPS) is 19.6. The van der Waals surface area contributed by atoms with Crippen molar-refractivity contribution in [1.29, 1.82) is 5.26 Å². The quantitative estimate of drug-likeness (QED) is 0.611.